The molecule has 150 valence electrons. The van der Waals surface area contributed by atoms with Gasteiger partial charge in [0.1, 0.15) is 5.82 Å². The second-order valence-electron chi connectivity index (χ2n) is 7.72. The molecule has 2 heterocycles. The lowest BCUT2D eigenvalue weighted by molar-refractivity contribution is 0.0991. The number of fused-ring (bicyclic) bond motifs is 1. The van der Waals surface area contributed by atoms with Crippen molar-refractivity contribution in [2.75, 3.05) is 31.7 Å². The number of ether oxygens (including phenoxy) is 1. The summed E-state index contributed by atoms with van der Waals surface area (Å²) in [5.74, 6) is 0.851. The minimum atomic E-state index is -0.124. The number of aryl methyl sites for hydroxylation is 1. The number of halogens is 1. The normalized spacial score (nSPS) is 11.9. The van der Waals surface area contributed by atoms with Gasteiger partial charge in [-0.1, -0.05) is 50.6 Å². The maximum atomic E-state index is 8.84. The number of aliphatic hydroxyl groups is 1. The summed E-state index contributed by atoms with van der Waals surface area (Å²) in [5.41, 5.74) is 4.35. The molecule has 0 bridgehead atoms. The molecule has 1 aromatic carbocycles. The Morgan fingerprint density at radius 2 is 1.96 bits per heavy atom. The van der Waals surface area contributed by atoms with Crippen LogP contribution in [-0.2, 0) is 10.2 Å². The fraction of sp³-hybridized carbons (Fsp3) is 0.429. The molecule has 0 aliphatic rings. The third kappa shape index (κ3) is 4.29. The topological polar surface area (TPSA) is 71.7 Å². The van der Waals surface area contributed by atoms with Crippen LogP contribution in [0.2, 0.25) is 5.02 Å². The fourth-order valence-corrected chi connectivity index (χ4v) is 3.26. The number of nitrogens with zero attached hydrogens (tertiary/aromatic N) is 3. The summed E-state index contributed by atoms with van der Waals surface area (Å²) < 4.78 is 7.18. The van der Waals surface area contributed by atoms with Crippen LogP contribution in [0.5, 0.6) is 0 Å². The maximum Gasteiger partial charge on any atom is 0.165 e. The van der Waals surface area contributed by atoms with Crippen LogP contribution in [0.25, 0.3) is 16.8 Å². The Hall–Kier alpha value is -2.15. The minimum absolute atomic E-state index is 0.0211. The van der Waals surface area contributed by atoms with Crippen LogP contribution in [0.4, 0.5) is 5.82 Å². The molecular weight excluding hydrogens is 376 g/mol. The third-order valence-electron chi connectivity index (χ3n) is 4.46. The molecule has 0 saturated heterocycles. The second kappa shape index (κ2) is 8.47. The summed E-state index contributed by atoms with van der Waals surface area (Å²) in [6, 6.07) is 9.79. The van der Waals surface area contributed by atoms with Crippen molar-refractivity contribution in [1.29, 1.82) is 0 Å². The summed E-state index contributed by atoms with van der Waals surface area (Å²) in [6.07, 6.45) is 0. The van der Waals surface area contributed by atoms with E-state index in [2.05, 4.69) is 26.1 Å². The lowest BCUT2D eigenvalue weighted by atomic mass is 9.92. The summed E-state index contributed by atoms with van der Waals surface area (Å²) in [5, 5.41) is 17.6. The number of aromatic nitrogens is 3. The monoisotopic (exact) mass is 402 g/mol. The average molecular weight is 403 g/mol. The fourth-order valence-electron chi connectivity index (χ4n) is 3.03. The molecule has 0 fully saturated rings. The highest BCUT2D eigenvalue weighted by molar-refractivity contribution is 6.33. The molecule has 0 spiro atoms. The van der Waals surface area contributed by atoms with E-state index in [1.165, 1.54) is 0 Å². The Bertz CT molecular complexity index is 963. The first kappa shape index (κ1) is 20.6. The zero-order chi connectivity index (χ0) is 20.3. The molecule has 0 atom stereocenters. The first-order chi connectivity index (χ1) is 13.3. The predicted molar refractivity (Wildman–Crippen MR) is 113 cm³/mol. The van der Waals surface area contributed by atoms with Crippen LogP contribution in [-0.4, -0.2) is 46.1 Å². The van der Waals surface area contributed by atoms with Gasteiger partial charge >= 0.3 is 0 Å². The molecule has 7 heteroatoms. The van der Waals surface area contributed by atoms with Gasteiger partial charge in [0.2, 0.25) is 0 Å². The summed E-state index contributed by atoms with van der Waals surface area (Å²) in [6.45, 7) is 9.83. The molecule has 0 aliphatic carbocycles. The van der Waals surface area contributed by atoms with Crippen molar-refractivity contribution in [3.8, 4) is 11.1 Å². The molecule has 0 aliphatic heterocycles. The first-order valence-electron chi connectivity index (χ1n) is 9.41. The average Bonchev–Trinajstić information content (AvgIpc) is 2.97. The molecule has 6 nitrogen and oxygen atoms in total. The van der Waals surface area contributed by atoms with E-state index in [0.717, 1.165) is 34.0 Å². The van der Waals surface area contributed by atoms with Crippen molar-refractivity contribution >= 4 is 23.1 Å². The van der Waals surface area contributed by atoms with Gasteiger partial charge in [-0.25, -0.2) is 4.98 Å². The Morgan fingerprint density at radius 3 is 2.64 bits per heavy atom. The zero-order valence-electron chi connectivity index (χ0n) is 16.8. The van der Waals surface area contributed by atoms with E-state index in [0.29, 0.717) is 24.8 Å². The number of nitrogens with one attached hydrogen (secondary N) is 1. The van der Waals surface area contributed by atoms with Gasteiger partial charge in [-0.15, -0.1) is 0 Å². The van der Waals surface area contributed by atoms with Gasteiger partial charge < -0.3 is 15.2 Å². The van der Waals surface area contributed by atoms with E-state index in [1.54, 1.807) is 0 Å². The molecular formula is C21H27ClN4O2. The smallest absolute Gasteiger partial charge is 0.165 e. The maximum absolute atomic E-state index is 8.84. The molecule has 3 aromatic rings. The van der Waals surface area contributed by atoms with E-state index in [-0.39, 0.29) is 12.0 Å². The zero-order valence-corrected chi connectivity index (χ0v) is 17.5. The molecule has 0 radical (unpaired) electrons. The number of hydrogen-bond acceptors (Lipinski definition) is 5. The Balaban J connectivity index is 2.10. The summed E-state index contributed by atoms with van der Waals surface area (Å²) in [7, 11) is 0. The Morgan fingerprint density at radius 1 is 1.21 bits per heavy atom. The highest BCUT2D eigenvalue weighted by atomic mass is 35.5. The van der Waals surface area contributed by atoms with Crippen LogP contribution in [0.3, 0.4) is 0 Å². The van der Waals surface area contributed by atoms with Crippen molar-refractivity contribution < 1.29 is 9.84 Å². The Labute approximate surface area is 170 Å². The molecule has 28 heavy (non-hydrogen) atoms. The van der Waals surface area contributed by atoms with Gasteiger partial charge in [-0.2, -0.15) is 9.61 Å². The highest BCUT2D eigenvalue weighted by Gasteiger charge is 2.22. The van der Waals surface area contributed by atoms with Crippen LogP contribution in [0.1, 0.15) is 32.2 Å². The molecule has 3 rings (SSSR count). The number of rotatable bonds is 7. The van der Waals surface area contributed by atoms with Crippen molar-refractivity contribution in [3.05, 3.63) is 46.7 Å². The van der Waals surface area contributed by atoms with Gasteiger partial charge in [0.05, 0.1) is 36.8 Å². The molecule has 2 N–H and O–H groups in total. The van der Waals surface area contributed by atoms with Gasteiger partial charge in [0, 0.05) is 28.6 Å². The first-order valence-corrected chi connectivity index (χ1v) is 9.79. The molecule has 2 aromatic heterocycles. The largest absolute Gasteiger partial charge is 0.394 e. The van der Waals surface area contributed by atoms with Crippen molar-refractivity contribution in [3.63, 3.8) is 0 Å². The number of hydrogen-bond donors (Lipinski definition) is 2. The van der Waals surface area contributed by atoms with Crippen LogP contribution >= 0.6 is 11.6 Å². The Kier molecular flexibility index (Phi) is 6.23. The van der Waals surface area contributed by atoms with E-state index in [1.807, 2.05) is 41.8 Å². The van der Waals surface area contributed by atoms with Crippen LogP contribution < -0.4 is 5.32 Å². The van der Waals surface area contributed by atoms with Crippen LogP contribution in [0.15, 0.2) is 30.3 Å². The van der Waals surface area contributed by atoms with Gasteiger partial charge in [0.15, 0.2) is 5.65 Å². The van der Waals surface area contributed by atoms with E-state index < -0.39 is 0 Å². The molecule has 0 unspecified atom stereocenters. The number of benzene rings is 1. The lowest BCUT2D eigenvalue weighted by Gasteiger charge is -2.20. The quantitative estimate of drug-likeness (QED) is 0.583. The van der Waals surface area contributed by atoms with Crippen molar-refractivity contribution in [2.45, 2.75) is 33.1 Å². The summed E-state index contributed by atoms with van der Waals surface area (Å²) >= 11 is 6.47. The van der Waals surface area contributed by atoms with E-state index in [4.69, 9.17) is 31.5 Å². The second-order valence-corrected chi connectivity index (χ2v) is 8.12. The van der Waals surface area contributed by atoms with Gasteiger partial charge in [-0.05, 0) is 13.0 Å². The van der Waals surface area contributed by atoms with Gasteiger partial charge in [0.25, 0.3) is 0 Å². The van der Waals surface area contributed by atoms with Crippen LogP contribution in [0, 0.1) is 6.92 Å². The predicted octanol–water partition coefficient (Wildman–Crippen LogP) is 4.08. The lowest BCUT2D eigenvalue weighted by Crippen LogP contribution is -2.18. The van der Waals surface area contributed by atoms with E-state index in [9.17, 15) is 0 Å². The SMILES string of the molecule is Cc1nn2c(NCCOCCO)cc(C(C)(C)C)nc2c1-c1ccccc1Cl. The van der Waals surface area contributed by atoms with Crippen molar-refractivity contribution in [1.82, 2.24) is 14.6 Å². The number of anilines is 1. The van der Waals surface area contributed by atoms with Gasteiger partial charge in [-0.3, -0.25) is 0 Å². The van der Waals surface area contributed by atoms with Crippen molar-refractivity contribution in [2.24, 2.45) is 0 Å². The minimum Gasteiger partial charge on any atom is -0.394 e. The highest BCUT2D eigenvalue weighted by Crippen LogP contribution is 2.35. The molecule has 0 amide bonds. The van der Waals surface area contributed by atoms with E-state index >= 15 is 0 Å². The molecule has 0 saturated carbocycles. The standard InChI is InChI=1S/C21H27ClN4O2/c1-14-19(15-7-5-6-8-16(15)22)20-24-17(21(2,3)4)13-18(26(20)25-14)23-9-11-28-12-10-27/h5-8,13,23,27H,9-12H2,1-4H3. The third-order valence-corrected chi connectivity index (χ3v) is 4.79. The summed E-state index contributed by atoms with van der Waals surface area (Å²) in [4.78, 5) is 4.94. The number of aliphatic hydroxyl groups excluding tert-OH is 1.